The molecular formula is C17H18ClN5O. The highest BCUT2D eigenvalue weighted by Gasteiger charge is 2.14. The van der Waals surface area contributed by atoms with Gasteiger partial charge in [0.2, 0.25) is 5.91 Å². The smallest absolute Gasteiger partial charge is 0.237 e. The van der Waals surface area contributed by atoms with Crippen LogP contribution >= 0.6 is 11.6 Å². The van der Waals surface area contributed by atoms with E-state index >= 15 is 0 Å². The average molecular weight is 344 g/mol. The summed E-state index contributed by atoms with van der Waals surface area (Å²) < 4.78 is 1.97. The monoisotopic (exact) mass is 343 g/mol. The standard InChI is InChI=1S/C17H18ClN5O/c18-12-4-5-16-15(9-12)22-11-23(16)8-7-21-17(24)14(19)10-13-3-1-2-6-20-13/h1-6,9,11,14H,7-8,10,19H2,(H,21,24)/t14-/m1/s1. The first-order chi connectivity index (χ1) is 11.6. The lowest BCUT2D eigenvalue weighted by Gasteiger charge is -2.12. The van der Waals surface area contributed by atoms with E-state index in [9.17, 15) is 4.79 Å². The highest BCUT2D eigenvalue weighted by Crippen LogP contribution is 2.17. The lowest BCUT2D eigenvalue weighted by atomic mass is 10.1. The predicted octanol–water partition coefficient (Wildman–Crippen LogP) is 1.77. The summed E-state index contributed by atoms with van der Waals surface area (Å²) in [5, 5.41) is 3.50. The summed E-state index contributed by atoms with van der Waals surface area (Å²) in [4.78, 5) is 20.6. The Balaban J connectivity index is 1.52. The first kappa shape index (κ1) is 16.4. The first-order valence-electron chi connectivity index (χ1n) is 7.67. The molecule has 0 unspecified atom stereocenters. The second kappa shape index (κ2) is 7.42. The molecule has 0 bridgehead atoms. The Bertz CT molecular complexity index is 833. The number of fused-ring (bicyclic) bond motifs is 1. The number of imidazole rings is 1. The average Bonchev–Trinajstić information content (AvgIpc) is 2.97. The normalized spacial score (nSPS) is 12.2. The van der Waals surface area contributed by atoms with Crippen molar-refractivity contribution in [1.82, 2.24) is 19.9 Å². The molecule has 2 aromatic heterocycles. The Morgan fingerprint density at radius 3 is 2.96 bits per heavy atom. The van der Waals surface area contributed by atoms with E-state index in [2.05, 4.69) is 15.3 Å². The molecule has 0 aliphatic carbocycles. The molecule has 3 N–H and O–H groups in total. The summed E-state index contributed by atoms with van der Waals surface area (Å²) in [7, 11) is 0. The molecule has 0 aliphatic rings. The fraction of sp³-hybridized carbons (Fsp3) is 0.235. The number of pyridine rings is 1. The quantitative estimate of drug-likeness (QED) is 0.714. The third-order valence-corrected chi connectivity index (χ3v) is 3.96. The predicted molar refractivity (Wildman–Crippen MR) is 93.7 cm³/mol. The molecule has 24 heavy (non-hydrogen) atoms. The van der Waals surface area contributed by atoms with Gasteiger partial charge in [-0.2, -0.15) is 0 Å². The van der Waals surface area contributed by atoms with Crippen molar-refractivity contribution in [3.05, 3.63) is 59.6 Å². The number of aromatic nitrogens is 3. The lowest BCUT2D eigenvalue weighted by Crippen LogP contribution is -2.43. The molecule has 1 amide bonds. The van der Waals surface area contributed by atoms with Crippen LogP contribution in [0.25, 0.3) is 11.0 Å². The number of nitrogens with zero attached hydrogens (tertiary/aromatic N) is 3. The van der Waals surface area contributed by atoms with Gasteiger partial charge in [-0.1, -0.05) is 17.7 Å². The van der Waals surface area contributed by atoms with Crippen molar-refractivity contribution in [2.24, 2.45) is 5.73 Å². The molecule has 7 heteroatoms. The molecule has 0 fully saturated rings. The second-order valence-corrected chi connectivity index (χ2v) is 5.93. The maximum absolute atomic E-state index is 12.1. The van der Waals surface area contributed by atoms with Crippen molar-refractivity contribution >= 4 is 28.5 Å². The molecule has 0 spiro atoms. The molecule has 6 nitrogen and oxygen atoms in total. The van der Waals surface area contributed by atoms with E-state index in [4.69, 9.17) is 17.3 Å². The van der Waals surface area contributed by atoms with E-state index in [-0.39, 0.29) is 5.91 Å². The van der Waals surface area contributed by atoms with E-state index in [0.29, 0.717) is 24.5 Å². The van der Waals surface area contributed by atoms with Gasteiger partial charge in [0.15, 0.2) is 0 Å². The van der Waals surface area contributed by atoms with Gasteiger partial charge in [0.25, 0.3) is 0 Å². The molecule has 1 aromatic carbocycles. The first-order valence-corrected chi connectivity index (χ1v) is 8.05. The molecule has 3 aromatic rings. The van der Waals surface area contributed by atoms with Crippen LogP contribution in [0.3, 0.4) is 0 Å². The van der Waals surface area contributed by atoms with Gasteiger partial charge in [-0.15, -0.1) is 0 Å². The summed E-state index contributed by atoms with van der Waals surface area (Å²) in [5.74, 6) is -0.187. The fourth-order valence-corrected chi connectivity index (χ4v) is 2.65. The Morgan fingerprint density at radius 2 is 2.17 bits per heavy atom. The van der Waals surface area contributed by atoms with Gasteiger partial charge in [-0.25, -0.2) is 4.98 Å². The van der Waals surface area contributed by atoms with Crippen LogP contribution in [0, 0.1) is 0 Å². The Hall–Kier alpha value is -2.44. The summed E-state index contributed by atoms with van der Waals surface area (Å²) in [6.07, 6.45) is 3.84. The van der Waals surface area contributed by atoms with E-state index < -0.39 is 6.04 Å². The van der Waals surface area contributed by atoms with Gasteiger partial charge in [-0.05, 0) is 30.3 Å². The molecule has 2 heterocycles. The van der Waals surface area contributed by atoms with Crippen molar-refractivity contribution < 1.29 is 4.79 Å². The molecule has 3 rings (SSSR count). The number of nitrogens with one attached hydrogen (secondary N) is 1. The zero-order valence-electron chi connectivity index (χ0n) is 13.0. The summed E-state index contributed by atoms with van der Waals surface area (Å²) in [6.45, 7) is 1.09. The molecule has 0 radical (unpaired) electrons. The maximum atomic E-state index is 12.1. The number of amides is 1. The molecule has 0 aliphatic heterocycles. The number of hydrogen-bond donors (Lipinski definition) is 2. The largest absolute Gasteiger partial charge is 0.353 e. The molecule has 124 valence electrons. The van der Waals surface area contributed by atoms with Crippen molar-refractivity contribution in [1.29, 1.82) is 0 Å². The fourth-order valence-electron chi connectivity index (χ4n) is 2.48. The van der Waals surface area contributed by atoms with Crippen LogP contribution in [0.1, 0.15) is 5.69 Å². The van der Waals surface area contributed by atoms with E-state index in [1.807, 2.05) is 41.0 Å². The molecule has 0 saturated carbocycles. The summed E-state index contributed by atoms with van der Waals surface area (Å²) in [5.41, 5.74) is 8.55. The number of benzene rings is 1. The number of nitrogens with two attached hydrogens (primary N) is 1. The van der Waals surface area contributed by atoms with Crippen LogP contribution in [-0.2, 0) is 17.8 Å². The molecular weight excluding hydrogens is 326 g/mol. The number of rotatable bonds is 6. The van der Waals surface area contributed by atoms with Crippen molar-refractivity contribution in [2.75, 3.05) is 6.54 Å². The maximum Gasteiger partial charge on any atom is 0.237 e. The number of carbonyl (C=O) groups is 1. The van der Waals surface area contributed by atoms with Gasteiger partial charge >= 0.3 is 0 Å². The third kappa shape index (κ3) is 3.90. The minimum Gasteiger partial charge on any atom is -0.353 e. The SMILES string of the molecule is N[C@H](Cc1ccccn1)C(=O)NCCn1cnc2cc(Cl)ccc21. The Labute approximate surface area is 144 Å². The summed E-state index contributed by atoms with van der Waals surface area (Å²) in [6, 6.07) is 10.5. The summed E-state index contributed by atoms with van der Waals surface area (Å²) >= 11 is 5.95. The van der Waals surface area contributed by atoms with Crippen LogP contribution in [0.15, 0.2) is 48.9 Å². The molecule has 1 atom stereocenters. The highest BCUT2D eigenvalue weighted by molar-refractivity contribution is 6.31. The minimum absolute atomic E-state index is 0.187. The highest BCUT2D eigenvalue weighted by atomic mass is 35.5. The zero-order chi connectivity index (χ0) is 16.9. The Morgan fingerprint density at radius 1 is 1.29 bits per heavy atom. The Kier molecular flexibility index (Phi) is 5.08. The van der Waals surface area contributed by atoms with Gasteiger partial charge in [0.1, 0.15) is 0 Å². The number of hydrogen-bond acceptors (Lipinski definition) is 4. The van der Waals surface area contributed by atoms with Crippen molar-refractivity contribution in [3.63, 3.8) is 0 Å². The minimum atomic E-state index is -0.613. The number of halogens is 1. The zero-order valence-corrected chi connectivity index (χ0v) is 13.8. The van der Waals surface area contributed by atoms with Crippen LogP contribution in [0.5, 0.6) is 0 Å². The lowest BCUT2D eigenvalue weighted by molar-refractivity contribution is -0.122. The van der Waals surface area contributed by atoms with Crippen LogP contribution in [0.2, 0.25) is 5.02 Å². The number of carbonyl (C=O) groups excluding carboxylic acids is 1. The van der Waals surface area contributed by atoms with Crippen LogP contribution in [-0.4, -0.2) is 33.0 Å². The van der Waals surface area contributed by atoms with Gasteiger partial charge in [0, 0.05) is 36.4 Å². The van der Waals surface area contributed by atoms with Crippen molar-refractivity contribution in [2.45, 2.75) is 19.0 Å². The van der Waals surface area contributed by atoms with E-state index in [0.717, 1.165) is 16.7 Å². The van der Waals surface area contributed by atoms with Crippen LogP contribution in [0.4, 0.5) is 0 Å². The second-order valence-electron chi connectivity index (χ2n) is 5.49. The van der Waals surface area contributed by atoms with E-state index in [1.54, 1.807) is 12.5 Å². The van der Waals surface area contributed by atoms with Gasteiger partial charge in [0.05, 0.1) is 23.4 Å². The van der Waals surface area contributed by atoms with Crippen molar-refractivity contribution in [3.8, 4) is 0 Å². The van der Waals surface area contributed by atoms with E-state index in [1.165, 1.54) is 0 Å². The van der Waals surface area contributed by atoms with Crippen LogP contribution < -0.4 is 11.1 Å². The third-order valence-electron chi connectivity index (χ3n) is 3.73. The molecule has 0 saturated heterocycles. The topological polar surface area (TPSA) is 85.8 Å². The van der Waals surface area contributed by atoms with Gasteiger partial charge < -0.3 is 15.6 Å². The van der Waals surface area contributed by atoms with Gasteiger partial charge in [-0.3, -0.25) is 9.78 Å².